The zero-order valence-corrected chi connectivity index (χ0v) is 19.4. The summed E-state index contributed by atoms with van der Waals surface area (Å²) in [7, 11) is 0. The van der Waals surface area contributed by atoms with E-state index in [0.29, 0.717) is 0 Å². The van der Waals surface area contributed by atoms with Crippen LogP contribution in [0.5, 0.6) is 0 Å². The molecule has 0 spiro atoms. The molecule has 2 aliphatic heterocycles. The molecule has 3 amide bonds. The summed E-state index contributed by atoms with van der Waals surface area (Å²) in [5.74, 6) is -0.246. The molecule has 170 valence electrons. The van der Waals surface area contributed by atoms with E-state index in [4.69, 9.17) is 4.98 Å². The highest BCUT2D eigenvalue weighted by molar-refractivity contribution is 7.18. The Bertz CT molecular complexity index is 1280. The number of carbonyl (C=O) groups excluding carboxylic acids is 2. The highest BCUT2D eigenvalue weighted by atomic mass is 32.1. The third kappa shape index (κ3) is 3.31. The lowest BCUT2D eigenvalue weighted by atomic mass is 9.83. The molecule has 34 heavy (non-hydrogen) atoms. The van der Waals surface area contributed by atoms with Crippen LogP contribution in [-0.4, -0.2) is 39.9 Å². The first-order chi connectivity index (χ1) is 16.7. The van der Waals surface area contributed by atoms with Crippen LogP contribution in [0.4, 0.5) is 4.79 Å². The monoisotopic (exact) mass is 468 g/mol. The summed E-state index contributed by atoms with van der Waals surface area (Å²) in [6.07, 6.45) is 1.97. The quantitative estimate of drug-likeness (QED) is 0.424. The summed E-state index contributed by atoms with van der Waals surface area (Å²) in [5, 5.41) is 4.09. The first kappa shape index (κ1) is 21.0. The Kier molecular flexibility index (Phi) is 5.16. The molecule has 2 fully saturated rings. The zero-order valence-electron chi connectivity index (χ0n) is 18.6. The molecular formula is C27H24N4O2S. The molecular weight excluding hydrogens is 444 g/mol. The topological polar surface area (TPSA) is 65.5 Å². The Morgan fingerprint density at radius 2 is 1.56 bits per heavy atom. The van der Waals surface area contributed by atoms with E-state index < -0.39 is 5.54 Å². The summed E-state index contributed by atoms with van der Waals surface area (Å²) in [5.41, 5.74) is 1.28. The first-order valence-corrected chi connectivity index (χ1v) is 12.3. The Labute approximate surface area is 201 Å². The molecule has 2 saturated heterocycles. The maximum Gasteiger partial charge on any atom is 0.326 e. The van der Waals surface area contributed by atoms with Crippen LogP contribution in [0.1, 0.15) is 35.0 Å². The van der Waals surface area contributed by atoms with Crippen molar-refractivity contribution in [3.05, 3.63) is 101 Å². The van der Waals surface area contributed by atoms with E-state index in [2.05, 4.69) is 16.3 Å². The number of hydrogen-bond acceptors (Lipinski definition) is 5. The van der Waals surface area contributed by atoms with E-state index >= 15 is 0 Å². The van der Waals surface area contributed by atoms with Crippen LogP contribution >= 0.6 is 11.3 Å². The second-order valence-corrected chi connectivity index (χ2v) is 9.84. The van der Waals surface area contributed by atoms with E-state index in [-0.39, 0.29) is 24.6 Å². The van der Waals surface area contributed by atoms with Gasteiger partial charge in [-0.1, -0.05) is 72.8 Å². The molecule has 7 heteroatoms. The van der Waals surface area contributed by atoms with Gasteiger partial charge < -0.3 is 5.32 Å². The smallest absolute Gasteiger partial charge is 0.315 e. The Morgan fingerprint density at radius 1 is 0.912 bits per heavy atom. The number of carbonyl (C=O) groups is 2. The van der Waals surface area contributed by atoms with Gasteiger partial charge in [0, 0.05) is 6.54 Å². The molecule has 2 aliphatic rings. The summed E-state index contributed by atoms with van der Waals surface area (Å²) in [6.45, 7) is 1.06. The van der Waals surface area contributed by atoms with Gasteiger partial charge in [-0.25, -0.2) is 14.7 Å². The lowest BCUT2D eigenvalue weighted by Crippen LogP contribution is -2.46. The third-order valence-corrected chi connectivity index (χ3v) is 7.94. The molecule has 1 aromatic heterocycles. The molecule has 0 bridgehead atoms. The van der Waals surface area contributed by atoms with Gasteiger partial charge in [0.25, 0.3) is 5.91 Å². The normalized spacial score (nSPS) is 20.2. The van der Waals surface area contributed by atoms with E-state index in [1.165, 1.54) is 4.90 Å². The summed E-state index contributed by atoms with van der Waals surface area (Å²) in [4.78, 5) is 35.7. The van der Waals surface area contributed by atoms with Gasteiger partial charge in [0.05, 0.1) is 22.9 Å². The third-order valence-electron chi connectivity index (χ3n) is 6.80. The van der Waals surface area contributed by atoms with Crippen molar-refractivity contribution in [2.75, 3.05) is 13.2 Å². The van der Waals surface area contributed by atoms with Crippen molar-refractivity contribution in [1.29, 1.82) is 0 Å². The van der Waals surface area contributed by atoms with Crippen LogP contribution in [0, 0.1) is 0 Å². The van der Waals surface area contributed by atoms with Crippen molar-refractivity contribution in [2.45, 2.75) is 24.4 Å². The number of aromatic nitrogens is 1. The molecule has 0 aliphatic carbocycles. The standard InChI is InChI=1S/C27H24N4O2S/c32-25-27(19-10-3-1-4-11-19,20-12-5-2-6-13-20)29-26(33)31(25)18-30-17-9-15-22(30)24-28-21-14-7-8-16-23(21)34-24/h1-8,10-14,16,22H,9,15,17-18H2,(H,29,33)/t22-/m0/s1. The van der Waals surface area contributed by atoms with Crippen LogP contribution in [0.3, 0.4) is 0 Å². The number of hydrogen-bond donors (Lipinski definition) is 1. The number of likely N-dealkylation sites (tertiary alicyclic amines) is 1. The molecule has 6 nitrogen and oxygen atoms in total. The van der Waals surface area contributed by atoms with Crippen molar-refractivity contribution in [1.82, 2.24) is 20.1 Å². The van der Waals surface area contributed by atoms with E-state index in [9.17, 15) is 9.59 Å². The number of nitrogens with one attached hydrogen (secondary N) is 1. The second-order valence-electron chi connectivity index (χ2n) is 8.78. The van der Waals surface area contributed by atoms with Crippen molar-refractivity contribution < 1.29 is 9.59 Å². The first-order valence-electron chi connectivity index (χ1n) is 11.5. The molecule has 3 aromatic carbocycles. The van der Waals surface area contributed by atoms with Crippen molar-refractivity contribution in [2.24, 2.45) is 0 Å². The molecule has 6 rings (SSSR count). The SMILES string of the molecule is O=C1NC(c2ccccc2)(c2ccccc2)C(=O)N1CN1CCC[C@H]1c1nc2ccccc2s1. The molecule has 0 saturated carbocycles. The van der Waals surface area contributed by atoms with Gasteiger partial charge >= 0.3 is 6.03 Å². The minimum atomic E-state index is -1.23. The number of thiazole rings is 1. The van der Waals surface area contributed by atoms with Gasteiger partial charge in [-0.15, -0.1) is 11.3 Å². The summed E-state index contributed by atoms with van der Waals surface area (Å²) in [6, 6.07) is 26.9. The molecule has 0 radical (unpaired) electrons. The van der Waals surface area contributed by atoms with Gasteiger partial charge in [-0.3, -0.25) is 9.69 Å². The molecule has 4 aromatic rings. The number of rotatable bonds is 5. The van der Waals surface area contributed by atoms with Crippen LogP contribution < -0.4 is 5.32 Å². The molecule has 0 unspecified atom stereocenters. The number of para-hydroxylation sites is 1. The number of urea groups is 1. The number of amides is 3. The predicted molar refractivity (Wildman–Crippen MR) is 132 cm³/mol. The number of nitrogens with zero attached hydrogens (tertiary/aromatic N) is 3. The highest BCUT2D eigenvalue weighted by Gasteiger charge is 2.54. The predicted octanol–water partition coefficient (Wildman–Crippen LogP) is 4.89. The fourth-order valence-electron chi connectivity index (χ4n) is 5.13. The largest absolute Gasteiger partial charge is 0.326 e. The Morgan fingerprint density at radius 3 is 2.24 bits per heavy atom. The van der Waals surface area contributed by atoms with E-state index in [1.54, 1.807) is 11.3 Å². The van der Waals surface area contributed by atoms with Crippen molar-refractivity contribution in [3.8, 4) is 0 Å². The van der Waals surface area contributed by atoms with Gasteiger partial charge in [0.15, 0.2) is 5.54 Å². The minimum Gasteiger partial charge on any atom is -0.315 e. The highest BCUT2D eigenvalue weighted by Crippen LogP contribution is 2.39. The van der Waals surface area contributed by atoms with Gasteiger partial charge in [-0.05, 0) is 36.1 Å². The molecule has 1 atom stereocenters. The average Bonchev–Trinajstić information content (AvgIpc) is 3.58. The maximum absolute atomic E-state index is 14.0. The molecule has 3 heterocycles. The van der Waals surface area contributed by atoms with Crippen molar-refractivity contribution in [3.63, 3.8) is 0 Å². The fourth-order valence-corrected chi connectivity index (χ4v) is 6.27. The lowest BCUT2D eigenvalue weighted by Gasteiger charge is -2.30. The zero-order chi connectivity index (χ0) is 23.1. The van der Waals surface area contributed by atoms with Gasteiger partial charge in [-0.2, -0.15) is 0 Å². The van der Waals surface area contributed by atoms with Crippen LogP contribution in [0.25, 0.3) is 10.2 Å². The van der Waals surface area contributed by atoms with E-state index in [0.717, 1.165) is 45.7 Å². The Balaban J connectivity index is 1.33. The van der Waals surface area contributed by atoms with Crippen LogP contribution in [-0.2, 0) is 10.3 Å². The van der Waals surface area contributed by atoms with Gasteiger partial charge in [0.1, 0.15) is 5.01 Å². The number of fused-ring (bicyclic) bond motifs is 1. The fraction of sp³-hybridized carbons (Fsp3) is 0.222. The van der Waals surface area contributed by atoms with Crippen LogP contribution in [0.15, 0.2) is 84.9 Å². The average molecular weight is 469 g/mol. The van der Waals surface area contributed by atoms with Crippen LogP contribution in [0.2, 0.25) is 0 Å². The van der Waals surface area contributed by atoms with E-state index in [1.807, 2.05) is 78.9 Å². The Hall–Kier alpha value is -3.55. The number of imide groups is 1. The molecule has 1 N–H and O–H groups in total. The van der Waals surface area contributed by atoms with Crippen molar-refractivity contribution >= 4 is 33.5 Å². The summed E-state index contributed by atoms with van der Waals surface area (Å²) >= 11 is 1.69. The summed E-state index contributed by atoms with van der Waals surface area (Å²) < 4.78 is 1.16. The van der Waals surface area contributed by atoms with Gasteiger partial charge in [0.2, 0.25) is 0 Å². The maximum atomic E-state index is 14.0. The minimum absolute atomic E-state index is 0.0986. The lowest BCUT2D eigenvalue weighted by molar-refractivity contribution is -0.131. The number of benzene rings is 3. The second kappa shape index (κ2) is 8.34.